The summed E-state index contributed by atoms with van der Waals surface area (Å²) in [6.07, 6.45) is 1.76. The molecule has 0 saturated heterocycles. The van der Waals surface area contributed by atoms with Crippen molar-refractivity contribution in [1.82, 2.24) is 9.78 Å². The van der Waals surface area contributed by atoms with Gasteiger partial charge in [0.05, 0.1) is 17.6 Å². The molecule has 0 aliphatic heterocycles. The molecule has 1 aromatic heterocycles. The van der Waals surface area contributed by atoms with Crippen LogP contribution in [0.4, 0.5) is 11.4 Å². The Labute approximate surface area is 129 Å². The van der Waals surface area contributed by atoms with Crippen molar-refractivity contribution in [3.05, 3.63) is 50.7 Å². The third kappa shape index (κ3) is 4.27. The Morgan fingerprint density at radius 2 is 2.33 bits per heavy atom. The van der Waals surface area contributed by atoms with Crippen molar-refractivity contribution in [2.24, 2.45) is 0 Å². The number of hydrogen-bond donors (Lipinski definition) is 2. The van der Waals surface area contributed by atoms with Crippen LogP contribution in [0.15, 0.2) is 35.1 Å². The molecule has 2 N–H and O–H groups in total. The standard InChI is InChI=1S/C13H15BrN4O3/c1-9-4-10(2-3-13(9)14)15-6-12(19)8-17-7-11(5-16-17)18(20)21/h2-5,7,12,15,19H,6,8H2,1H3. The first-order valence-electron chi connectivity index (χ1n) is 6.30. The van der Waals surface area contributed by atoms with Crippen LogP contribution >= 0.6 is 15.9 Å². The number of anilines is 1. The molecule has 1 atom stereocenters. The molecule has 1 heterocycles. The third-order valence-corrected chi connectivity index (χ3v) is 3.82. The van der Waals surface area contributed by atoms with Gasteiger partial charge in [-0.1, -0.05) is 15.9 Å². The Kier molecular flexibility index (Phi) is 4.92. The lowest BCUT2D eigenvalue weighted by Gasteiger charge is -2.13. The zero-order valence-corrected chi connectivity index (χ0v) is 12.9. The maximum absolute atomic E-state index is 10.5. The summed E-state index contributed by atoms with van der Waals surface area (Å²) in [5.41, 5.74) is 1.91. The van der Waals surface area contributed by atoms with Gasteiger partial charge >= 0.3 is 5.69 Å². The number of hydrogen-bond acceptors (Lipinski definition) is 5. The van der Waals surface area contributed by atoms with E-state index in [0.717, 1.165) is 21.9 Å². The van der Waals surface area contributed by atoms with Crippen molar-refractivity contribution in [2.45, 2.75) is 19.6 Å². The van der Waals surface area contributed by atoms with Crippen LogP contribution < -0.4 is 5.32 Å². The summed E-state index contributed by atoms with van der Waals surface area (Å²) in [6.45, 7) is 2.50. The van der Waals surface area contributed by atoms with E-state index in [1.807, 2.05) is 25.1 Å². The van der Waals surface area contributed by atoms with Gasteiger partial charge in [0.25, 0.3) is 0 Å². The van der Waals surface area contributed by atoms with Crippen molar-refractivity contribution in [1.29, 1.82) is 0 Å². The second kappa shape index (κ2) is 6.68. The summed E-state index contributed by atoms with van der Waals surface area (Å²) in [6, 6.07) is 5.80. The minimum absolute atomic E-state index is 0.0845. The lowest BCUT2D eigenvalue weighted by molar-refractivity contribution is -0.385. The molecule has 0 amide bonds. The van der Waals surface area contributed by atoms with Crippen LogP contribution in [0.3, 0.4) is 0 Å². The van der Waals surface area contributed by atoms with Gasteiger partial charge in [-0.2, -0.15) is 5.10 Å². The van der Waals surface area contributed by atoms with Crippen LogP contribution in [0.2, 0.25) is 0 Å². The first kappa shape index (κ1) is 15.5. The number of aliphatic hydroxyl groups excluding tert-OH is 1. The van der Waals surface area contributed by atoms with Crippen molar-refractivity contribution in [3.8, 4) is 0 Å². The van der Waals surface area contributed by atoms with Crippen LogP contribution in [0.1, 0.15) is 5.56 Å². The molecule has 0 aliphatic carbocycles. The second-order valence-electron chi connectivity index (χ2n) is 4.68. The number of benzene rings is 1. The summed E-state index contributed by atoms with van der Waals surface area (Å²) in [4.78, 5) is 10.0. The fourth-order valence-corrected chi connectivity index (χ4v) is 2.06. The van der Waals surface area contributed by atoms with Gasteiger partial charge in [-0.3, -0.25) is 14.8 Å². The number of rotatable bonds is 6. The number of aliphatic hydroxyl groups is 1. The molecule has 112 valence electrons. The van der Waals surface area contributed by atoms with Crippen molar-refractivity contribution < 1.29 is 10.0 Å². The topological polar surface area (TPSA) is 93.2 Å². The highest BCUT2D eigenvalue weighted by Gasteiger charge is 2.11. The quantitative estimate of drug-likeness (QED) is 0.613. The summed E-state index contributed by atoms with van der Waals surface area (Å²) < 4.78 is 2.38. The maximum atomic E-state index is 10.5. The van der Waals surface area contributed by atoms with Gasteiger partial charge in [0.15, 0.2) is 0 Å². The van der Waals surface area contributed by atoms with Gasteiger partial charge in [0.1, 0.15) is 12.4 Å². The van der Waals surface area contributed by atoms with Gasteiger partial charge in [0, 0.05) is 16.7 Å². The maximum Gasteiger partial charge on any atom is 0.306 e. The highest BCUT2D eigenvalue weighted by Crippen LogP contribution is 2.20. The van der Waals surface area contributed by atoms with Gasteiger partial charge in [0.2, 0.25) is 0 Å². The smallest absolute Gasteiger partial charge is 0.306 e. The van der Waals surface area contributed by atoms with Crippen molar-refractivity contribution in [3.63, 3.8) is 0 Å². The number of nitrogens with one attached hydrogen (secondary N) is 1. The summed E-state index contributed by atoms with van der Waals surface area (Å²) >= 11 is 3.42. The van der Waals surface area contributed by atoms with E-state index in [-0.39, 0.29) is 12.2 Å². The van der Waals surface area contributed by atoms with Crippen LogP contribution in [0, 0.1) is 17.0 Å². The Hall–Kier alpha value is -1.93. The van der Waals surface area contributed by atoms with E-state index in [9.17, 15) is 15.2 Å². The third-order valence-electron chi connectivity index (χ3n) is 2.93. The molecule has 1 unspecified atom stereocenters. The van der Waals surface area contributed by atoms with Gasteiger partial charge in [-0.25, -0.2) is 0 Å². The van der Waals surface area contributed by atoms with E-state index >= 15 is 0 Å². The van der Waals surface area contributed by atoms with E-state index in [1.54, 1.807) is 0 Å². The molecule has 0 fully saturated rings. The highest BCUT2D eigenvalue weighted by atomic mass is 79.9. The average molecular weight is 355 g/mol. The number of aromatic nitrogens is 2. The number of nitrogens with zero attached hydrogens (tertiary/aromatic N) is 3. The summed E-state index contributed by atoms with van der Waals surface area (Å²) in [5.74, 6) is 0. The first-order chi connectivity index (χ1) is 9.95. The second-order valence-corrected chi connectivity index (χ2v) is 5.53. The lowest BCUT2D eigenvalue weighted by Crippen LogP contribution is -2.25. The number of aryl methyl sites for hydroxylation is 1. The van der Waals surface area contributed by atoms with Gasteiger partial charge < -0.3 is 10.4 Å². The predicted molar refractivity (Wildman–Crippen MR) is 82.3 cm³/mol. The highest BCUT2D eigenvalue weighted by molar-refractivity contribution is 9.10. The molecule has 0 spiro atoms. The van der Waals surface area contributed by atoms with E-state index in [2.05, 4.69) is 26.3 Å². The molecule has 2 rings (SSSR count). The molecule has 8 heteroatoms. The average Bonchev–Trinajstić information content (AvgIpc) is 2.89. The SMILES string of the molecule is Cc1cc(NCC(O)Cn2cc([N+](=O)[O-])cn2)ccc1Br. The molecule has 2 aromatic rings. The van der Waals surface area contributed by atoms with Crippen LogP contribution in [-0.2, 0) is 6.54 Å². The zero-order valence-electron chi connectivity index (χ0n) is 11.4. The van der Waals surface area contributed by atoms with Crippen LogP contribution in [-0.4, -0.2) is 32.5 Å². The van der Waals surface area contributed by atoms with Crippen molar-refractivity contribution >= 4 is 27.3 Å². The largest absolute Gasteiger partial charge is 0.389 e. The monoisotopic (exact) mass is 354 g/mol. The first-order valence-corrected chi connectivity index (χ1v) is 7.10. The Morgan fingerprint density at radius 1 is 1.57 bits per heavy atom. The molecule has 7 nitrogen and oxygen atoms in total. The summed E-state index contributed by atoms with van der Waals surface area (Å²) in [7, 11) is 0. The van der Waals surface area contributed by atoms with E-state index in [1.165, 1.54) is 10.9 Å². The lowest BCUT2D eigenvalue weighted by atomic mass is 10.2. The molecule has 1 aromatic carbocycles. The minimum Gasteiger partial charge on any atom is -0.389 e. The Balaban J connectivity index is 1.87. The molecule has 0 aliphatic rings. The molecule has 0 saturated carbocycles. The Bertz CT molecular complexity index is 644. The van der Waals surface area contributed by atoms with Crippen LogP contribution in [0.25, 0.3) is 0 Å². The number of halogens is 1. The zero-order chi connectivity index (χ0) is 15.4. The summed E-state index contributed by atoms with van der Waals surface area (Å²) in [5, 5.41) is 27.4. The fraction of sp³-hybridized carbons (Fsp3) is 0.308. The van der Waals surface area contributed by atoms with E-state index in [4.69, 9.17) is 0 Å². The molecule has 21 heavy (non-hydrogen) atoms. The van der Waals surface area contributed by atoms with Crippen molar-refractivity contribution in [2.75, 3.05) is 11.9 Å². The molecular formula is C13H15BrN4O3. The molecule has 0 bridgehead atoms. The minimum atomic E-state index is -0.701. The number of nitro groups is 1. The molecular weight excluding hydrogens is 340 g/mol. The van der Waals surface area contributed by atoms with E-state index < -0.39 is 11.0 Å². The van der Waals surface area contributed by atoms with Gasteiger partial charge in [-0.15, -0.1) is 0 Å². The van der Waals surface area contributed by atoms with E-state index in [0.29, 0.717) is 6.54 Å². The van der Waals surface area contributed by atoms with Gasteiger partial charge in [-0.05, 0) is 30.7 Å². The normalized spacial score (nSPS) is 12.1. The van der Waals surface area contributed by atoms with Crippen LogP contribution in [0.5, 0.6) is 0 Å². The predicted octanol–water partition coefficient (Wildman–Crippen LogP) is 2.34. The molecule has 0 radical (unpaired) electrons. The Morgan fingerprint density at radius 3 is 2.95 bits per heavy atom. The fourth-order valence-electron chi connectivity index (χ4n) is 1.82.